The second-order valence-corrected chi connectivity index (χ2v) is 5.26. The molecule has 1 rings (SSSR count). The fraction of sp³-hybridized carbons (Fsp3) is 0.667. The third kappa shape index (κ3) is 2.10. The van der Waals surface area contributed by atoms with Crippen LogP contribution in [0.5, 0.6) is 0 Å². The van der Waals surface area contributed by atoms with Gasteiger partial charge >= 0.3 is 0 Å². The Morgan fingerprint density at radius 2 is 1.81 bits per heavy atom. The lowest BCUT2D eigenvalue weighted by atomic mass is 10.1. The molecule has 0 aromatic carbocycles. The van der Waals surface area contributed by atoms with E-state index in [9.17, 15) is 9.59 Å². The molecular formula is C12H20N2O2. The van der Waals surface area contributed by atoms with Gasteiger partial charge in [0, 0.05) is 18.0 Å². The van der Waals surface area contributed by atoms with Gasteiger partial charge in [-0.1, -0.05) is 0 Å². The molecule has 0 aromatic rings. The molecule has 0 fully saturated rings. The van der Waals surface area contributed by atoms with E-state index in [1.54, 1.807) is 11.8 Å². The quantitative estimate of drug-likeness (QED) is 0.732. The SMILES string of the molecule is CC(=O)N[C@H]1C(C)=C(C)C(=O)N1C(C)(C)C. The summed E-state index contributed by atoms with van der Waals surface area (Å²) in [5.74, 6) is -0.121. The Morgan fingerprint density at radius 3 is 2.19 bits per heavy atom. The van der Waals surface area contributed by atoms with Crippen molar-refractivity contribution in [1.29, 1.82) is 0 Å². The highest BCUT2D eigenvalue weighted by Gasteiger charge is 2.41. The van der Waals surface area contributed by atoms with E-state index in [0.29, 0.717) is 0 Å². The lowest BCUT2D eigenvalue weighted by Gasteiger charge is -2.38. The Bertz CT molecular complexity index is 364. The Labute approximate surface area is 96.7 Å². The van der Waals surface area contributed by atoms with Crippen molar-refractivity contribution in [3.05, 3.63) is 11.1 Å². The Morgan fingerprint density at radius 1 is 1.31 bits per heavy atom. The van der Waals surface area contributed by atoms with Gasteiger partial charge < -0.3 is 10.2 Å². The van der Waals surface area contributed by atoms with Crippen molar-refractivity contribution in [3.8, 4) is 0 Å². The van der Waals surface area contributed by atoms with Crippen LogP contribution in [0, 0.1) is 0 Å². The summed E-state index contributed by atoms with van der Waals surface area (Å²) in [6.45, 7) is 11.0. The van der Waals surface area contributed by atoms with E-state index in [2.05, 4.69) is 5.32 Å². The highest BCUT2D eigenvalue weighted by molar-refractivity contribution is 5.98. The minimum absolute atomic E-state index is 0.00347. The van der Waals surface area contributed by atoms with Gasteiger partial charge in [0.1, 0.15) is 6.17 Å². The highest BCUT2D eigenvalue weighted by Crippen LogP contribution is 2.30. The molecule has 0 aromatic heterocycles. The molecule has 1 heterocycles. The maximum absolute atomic E-state index is 12.1. The van der Waals surface area contributed by atoms with Crippen LogP contribution in [0.4, 0.5) is 0 Å². The summed E-state index contributed by atoms with van der Waals surface area (Å²) in [6.07, 6.45) is -0.301. The first-order valence-corrected chi connectivity index (χ1v) is 5.44. The lowest BCUT2D eigenvalue weighted by molar-refractivity contribution is -0.133. The van der Waals surface area contributed by atoms with Crippen LogP contribution in [0.25, 0.3) is 0 Å². The largest absolute Gasteiger partial charge is 0.332 e. The van der Waals surface area contributed by atoms with Crippen molar-refractivity contribution in [2.24, 2.45) is 0 Å². The number of rotatable bonds is 1. The summed E-state index contributed by atoms with van der Waals surface area (Å²) < 4.78 is 0. The third-order valence-corrected chi connectivity index (χ3v) is 2.86. The van der Waals surface area contributed by atoms with E-state index < -0.39 is 0 Å². The van der Waals surface area contributed by atoms with Gasteiger partial charge in [0.25, 0.3) is 5.91 Å². The zero-order valence-corrected chi connectivity index (χ0v) is 10.8. The second kappa shape index (κ2) is 3.92. The first kappa shape index (κ1) is 12.7. The molecule has 16 heavy (non-hydrogen) atoms. The molecule has 1 aliphatic rings. The average Bonchev–Trinajstić information content (AvgIpc) is 2.29. The van der Waals surface area contributed by atoms with Crippen LogP contribution in [0.1, 0.15) is 41.5 Å². The fourth-order valence-corrected chi connectivity index (χ4v) is 1.92. The van der Waals surface area contributed by atoms with E-state index in [4.69, 9.17) is 0 Å². The van der Waals surface area contributed by atoms with Crippen molar-refractivity contribution in [1.82, 2.24) is 10.2 Å². The second-order valence-electron chi connectivity index (χ2n) is 5.26. The zero-order chi connectivity index (χ0) is 12.7. The van der Waals surface area contributed by atoms with Crippen LogP contribution in [0.15, 0.2) is 11.1 Å². The monoisotopic (exact) mass is 224 g/mol. The third-order valence-electron chi connectivity index (χ3n) is 2.86. The van der Waals surface area contributed by atoms with Crippen LogP contribution in [-0.2, 0) is 9.59 Å². The molecule has 0 radical (unpaired) electrons. The van der Waals surface area contributed by atoms with Gasteiger partial charge in [-0.2, -0.15) is 0 Å². The molecule has 90 valence electrons. The number of carbonyl (C=O) groups is 2. The first-order chi connectivity index (χ1) is 7.16. The lowest BCUT2D eigenvalue weighted by Crippen LogP contribution is -2.55. The standard InChI is InChI=1S/C12H20N2O2/c1-7-8(2)11(16)14(12(4,5)6)10(7)13-9(3)15/h10H,1-6H3,(H,13,15)/t10-/m1/s1. The number of nitrogens with zero attached hydrogens (tertiary/aromatic N) is 1. The molecule has 1 aliphatic heterocycles. The van der Waals surface area contributed by atoms with Gasteiger partial charge in [0.05, 0.1) is 0 Å². The number of hydrogen-bond acceptors (Lipinski definition) is 2. The highest BCUT2D eigenvalue weighted by atomic mass is 16.2. The topological polar surface area (TPSA) is 49.4 Å². The van der Waals surface area contributed by atoms with Gasteiger partial charge in [-0.15, -0.1) is 0 Å². The van der Waals surface area contributed by atoms with Crippen molar-refractivity contribution in [3.63, 3.8) is 0 Å². The van der Waals surface area contributed by atoms with Crippen LogP contribution < -0.4 is 5.32 Å². The predicted molar refractivity (Wildman–Crippen MR) is 62.6 cm³/mol. The van der Waals surface area contributed by atoms with E-state index in [1.165, 1.54) is 6.92 Å². The Hall–Kier alpha value is -1.32. The Balaban J connectivity index is 3.10. The number of carbonyl (C=O) groups excluding carboxylic acids is 2. The number of amides is 2. The molecule has 0 aliphatic carbocycles. The summed E-state index contributed by atoms with van der Waals surface area (Å²) in [7, 11) is 0. The average molecular weight is 224 g/mol. The van der Waals surface area contributed by atoms with Gasteiger partial charge in [-0.3, -0.25) is 9.59 Å². The summed E-state index contributed by atoms with van der Waals surface area (Å²) in [4.78, 5) is 25.0. The van der Waals surface area contributed by atoms with Crippen molar-refractivity contribution in [2.45, 2.75) is 53.2 Å². The molecule has 2 amide bonds. The molecular weight excluding hydrogens is 204 g/mol. The van der Waals surface area contributed by atoms with E-state index in [1.807, 2.05) is 27.7 Å². The maximum Gasteiger partial charge on any atom is 0.251 e. The fourth-order valence-electron chi connectivity index (χ4n) is 1.92. The van der Waals surface area contributed by atoms with Crippen LogP contribution in [0.3, 0.4) is 0 Å². The zero-order valence-electron chi connectivity index (χ0n) is 10.8. The normalized spacial score (nSPS) is 21.8. The molecule has 1 N–H and O–H groups in total. The number of nitrogens with one attached hydrogen (secondary N) is 1. The van der Waals surface area contributed by atoms with Crippen LogP contribution in [0.2, 0.25) is 0 Å². The maximum atomic E-state index is 12.1. The van der Waals surface area contributed by atoms with Gasteiger partial charge in [-0.25, -0.2) is 0 Å². The van der Waals surface area contributed by atoms with Crippen molar-refractivity contribution in [2.75, 3.05) is 0 Å². The molecule has 0 unspecified atom stereocenters. The minimum atomic E-state index is -0.302. The van der Waals surface area contributed by atoms with Crippen LogP contribution in [-0.4, -0.2) is 28.4 Å². The summed E-state index contributed by atoms with van der Waals surface area (Å²) in [6, 6.07) is 0. The van der Waals surface area contributed by atoms with Crippen molar-refractivity contribution < 1.29 is 9.59 Å². The molecule has 0 spiro atoms. The first-order valence-electron chi connectivity index (χ1n) is 5.44. The van der Waals surface area contributed by atoms with Gasteiger partial charge in [-0.05, 0) is 40.2 Å². The summed E-state index contributed by atoms with van der Waals surface area (Å²) in [5, 5.41) is 2.82. The minimum Gasteiger partial charge on any atom is -0.332 e. The molecule has 4 heteroatoms. The van der Waals surface area contributed by atoms with Gasteiger partial charge in [0.2, 0.25) is 5.91 Å². The smallest absolute Gasteiger partial charge is 0.251 e. The number of hydrogen-bond donors (Lipinski definition) is 1. The van der Waals surface area contributed by atoms with Crippen molar-refractivity contribution >= 4 is 11.8 Å². The molecule has 0 saturated heterocycles. The molecule has 1 atom stereocenters. The molecule has 4 nitrogen and oxygen atoms in total. The molecule has 0 saturated carbocycles. The predicted octanol–water partition coefficient (Wildman–Crippen LogP) is 1.43. The van der Waals surface area contributed by atoms with E-state index >= 15 is 0 Å². The molecule has 0 bridgehead atoms. The van der Waals surface area contributed by atoms with Crippen LogP contribution >= 0.6 is 0 Å². The van der Waals surface area contributed by atoms with E-state index in [0.717, 1.165) is 11.1 Å². The Kier molecular flexibility index (Phi) is 3.13. The summed E-state index contributed by atoms with van der Waals surface area (Å²) >= 11 is 0. The van der Waals surface area contributed by atoms with E-state index in [-0.39, 0.29) is 23.5 Å². The van der Waals surface area contributed by atoms with Gasteiger partial charge in [0.15, 0.2) is 0 Å². The summed E-state index contributed by atoms with van der Waals surface area (Å²) in [5.41, 5.74) is 1.35.